The number of morpholine rings is 1. The highest BCUT2D eigenvalue weighted by Crippen LogP contribution is 2.44. The van der Waals surface area contributed by atoms with Crippen molar-refractivity contribution in [2.45, 2.75) is 18.6 Å². The molecule has 4 nitrogen and oxygen atoms in total. The summed E-state index contributed by atoms with van der Waals surface area (Å²) in [4.78, 5) is 1.67. The minimum Gasteiger partial charge on any atom is -0.367 e. The largest absolute Gasteiger partial charge is 0.367 e. The van der Waals surface area contributed by atoms with Gasteiger partial charge >= 0.3 is 0 Å². The molecule has 0 saturated carbocycles. The van der Waals surface area contributed by atoms with Crippen molar-refractivity contribution in [3.8, 4) is 11.1 Å². The molecule has 0 N–H and O–H groups in total. The maximum atomic E-state index is 14.4. The molecular formula is C24H14F7N3O. The van der Waals surface area contributed by atoms with Gasteiger partial charge in [-0.1, -0.05) is 12.1 Å². The zero-order chi connectivity index (χ0) is 24.6. The number of amidine groups is 1. The van der Waals surface area contributed by atoms with Crippen molar-refractivity contribution in [3.05, 3.63) is 88.2 Å². The molecule has 0 spiro atoms. The van der Waals surface area contributed by atoms with Gasteiger partial charge in [0.05, 0.1) is 12.1 Å². The van der Waals surface area contributed by atoms with Gasteiger partial charge in [-0.3, -0.25) is 0 Å². The fourth-order valence-electron chi connectivity index (χ4n) is 4.93. The summed E-state index contributed by atoms with van der Waals surface area (Å²) in [6, 6.07) is 7.98. The maximum absolute atomic E-state index is 14.4. The van der Waals surface area contributed by atoms with E-state index in [1.54, 1.807) is 23.1 Å². The van der Waals surface area contributed by atoms with Crippen molar-refractivity contribution in [2.24, 2.45) is 5.10 Å². The van der Waals surface area contributed by atoms with Gasteiger partial charge in [-0.2, -0.15) is 5.10 Å². The number of hydrogen-bond acceptors (Lipinski definition) is 4. The Morgan fingerprint density at radius 2 is 1.54 bits per heavy atom. The fourth-order valence-corrected chi connectivity index (χ4v) is 4.93. The number of fused-ring (bicyclic) bond motifs is 5. The van der Waals surface area contributed by atoms with Gasteiger partial charge in [0.2, 0.25) is 5.82 Å². The summed E-state index contributed by atoms with van der Waals surface area (Å²) in [6.07, 6.45) is 0.131. The maximum Gasteiger partial charge on any atom is 0.200 e. The second kappa shape index (κ2) is 7.70. The Morgan fingerprint density at radius 1 is 0.829 bits per heavy atom. The van der Waals surface area contributed by atoms with Gasteiger partial charge in [-0.15, -0.1) is 0 Å². The molecule has 0 bridgehead atoms. The van der Waals surface area contributed by atoms with E-state index < -0.39 is 52.4 Å². The van der Waals surface area contributed by atoms with Crippen LogP contribution in [0, 0.1) is 40.7 Å². The van der Waals surface area contributed by atoms with E-state index >= 15 is 0 Å². The standard InChI is InChI=1S/C24H14F7N3O/c25-12-3-4-13(15(26)7-12)10-1-2-11-6-16-23(14(11)5-10)33-9-34(32-17(33)8-35-16)24-21(30)19(28)18(27)20(29)22(24)31/h1-5,7,16,23H,6,8-9H2/t16-,23+/m0/s1. The summed E-state index contributed by atoms with van der Waals surface area (Å²) in [5, 5.41) is 4.79. The number of benzene rings is 3. The first-order valence-corrected chi connectivity index (χ1v) is 10.6. The monoisotopic (exact) mass is 493 g/mol. The molecule has 1 saturated heterocycles. The molecule has 1 fully saturated rings. The third-order valence-electron chi connectivity index (χ3n) is 6.54. The van der Waals surface area contributed by atoms with Crippen LogP contribution in [0.3, 0.4) is 0 Å². The third kappa shape index (κ3) is 3.21. The van der Waals surface area contributed by atoms with Crippen LogP contribution in [0.15, 0.2) is 41.5 Å². The molecule has 3 aliphatic rings. The Bertz CT molecular complexity index is 1400. The molecule has 0 amide bonds. The molecule has 35 heavy (non-hydrogen) atoms. The summed E-state index contributed by atoms with van der Waals surface area (Å²) in [6.45, 7) is -0.312. The number of nitrogens with zero attached hydrogens (tertiary/aromatic N) is 3. The smallest absolute Gasteiger partial charge is 0.200 e. The molecule has 0 aromatic heterocycles. The molecule has 2 atom stereocenters. The van der Waals surface area contributed by atoms with Crippen LogP contribution in [-0.4, -0.2) is 30.1 Å². The molecule has 2 aliphatic heterocycles. The van der Waals surface area contributed by atoms with Crippen molar-refractivity contribution in [1.29, 1.82) is 0 Å². The first-order valence-electron chi connectivity index (χ1n) is 10.6. The number of hydrogen-bond donors (Lipinski definition) is 0. The van der Waals surface area contributed by atoms with Crippen LogP contribution in [-0.2, 0) is 11.2 Å². The highest BCUT2D eigenvalue weighted by molar-refractivity contribution is 5.88. The minimum absolute atomic E-state index is 0.0273. The van der Waals surface area contributed by atoms with Gasteiger partial charge in [-0.05, 0) is 34.9 Å². The van der Waals surface area contributed by atoms with Crippen molar-refractivity contribution in [1.82, 2.24) is 4.90 Å². The molecule has 180 valence electrons. The Kier molecular flexibility index (Phi) is 4.82. The minimum atomic E-state index is -2.25. The molecule has 0 radical (unpaired) electrons. The van der Waals surface area contributed by atoms with Crippen molar-refractivity contribution in [3.63, 3.8) is 0 Å². The average molecular weight is 493 g/mol. The van der Waals surface area contributed by atoms with Crippen LogP contribution in [0.2, 0.25) is 0 Å². The van der Waals surface area contributed by atoms with E-state index in [2.05, 4.69) is 5.10 Å². The summed E-state index contributed by atoms with van der Waals surface area (Å²) >= 11 is 0. The van der Waals surface area contributed by atoms with Gasteiger partial charge in [-0.25, -0.2) is 35.7 Å². The average Bonchev–Trinajstić information content (AvgIpc) is 3.42. The number of anilines is 1. The zero-order valence-electron chi connectivity index (χ0n) is 17.6. The Hall–Kier alpha value is -3.60. The summed E-state index contributed by atoms with van der Waals surface area (Å²) in [5.41, 5.74) is 1.15. The number of rotatable bonds is 2. The van der Waals surface area contributed by atoms with Gasteiger partial charge < -0.3 is 9.64 Å². The van der Waals surface area contributed by atoms with Crippen LogP contribution in [0.5, 0.6) is 0 Å². The molecule has 3 aromatic carbocycles. The molecule has 3 aromatic rings. The lowest BCUT2D eigenvalue weighted by molar-refractivity contribution is 0.00536. The zero-order valence-corrected chi connectivity index (χ0v) is 17.6. The molecular weight excluding hydrogens is 479 g/mol. The number of ether oxygens (including phenoxy) is 1. The Morgan fingerprint density at radius 3 is 2.26 bits per heavy atom. The molecule has 0 unspecified atom stereocenters. The lowest BCUT2D eigenvalue weighted by Crippen LogP contribution is -2.46. The first-order chi connectivity index (χ1) is 16.7. The molecule has 2 heterocycles. The Balaban J connectivity index is 1.38. The van der Waals surface area contributed by atoms with E-state index in [1.165, 1.54) is 6.07 Å². The SMILES string of the molecule is Fc1ccc(-c2ccc3c(c2)[C@@H]2[C@H](C3)OCC3=NN(c4c(F)c(F)c(F)c(F)c4F)CN32)c(F)c1. The molecule has 1 aliphatic carbocycles. The summed E-state index contributed by atoms with van der Waals surface area (Å²) in [7, 11) is 0. The van der Waals surface area contributed by atoms with E-state index in [0.29, 0.717) is 12.0 Å². The van der Waals surface area contributed by atoms with Gasteiger partial charge in [0.1, 0.15) is 30.6 Å². The second-order valence-electron chi connectivity index (χ2n) is 8.48. The van der Waals surface area contributed by atoms with E-state index in [0.717, 1.165) is 28.3 Å². The summed E-state index contributed by atoms with van der Waals surface area (Å²) in [5.74, 6) is -11.5. The first kappa shape index (κ1) is 21.9. The highest BCUT2D eigenvalue weighted by Gasteiger charge is 2.46. The van der Waals surface area contributed by atoms with Gasteiger partial charge in [0.15, 0.2) is 29.1 Å². The van der Waals surface area contributed by atoms with E-state index in [1.807, 2.05) is 0 Å². The fraction of sp³-hybridized carbons (Fsp3) is 0.208. The quantitative estimate of drug-likeness (QED) is 0.271. The van der Waals surface area contributed by atoms with Crippen LogP contribution in [0.1, 0.15) is 17.2 Å². The lowest BCUT2D eigenvalue weighted by Gasteiger charge is -2.37. The molecule has 11 heteroatoms. The lowest BCUT2D eigenvalue weighted by atomic mass is 9.98. The van der Waals surface area contributed by atoms with Crippen LogP contribution in [0.4, 0.5) is 36.4 Å². The predicted molar refractivity (Wildman–Crippen MR) is 111 cm³/mol. The van der Waals surface area contributed by atoms with Crippen molar-refractivity contribution in [2.75, 3.05) is 18.3 Å². The number of hydrazone groups is 1. The van der Waals surface area contributed by atoms with E-state index in [-0.39, 0.29) is 30.8 Å². The van der Waals surface area contributed by atoms with Crippen molar-refractivity contribution >= 4 is 11.5 Å². The second-order valence-corrected chi connectivity index (χ2v) is 8.48. The van der Waals surface area contributed by atoms with Crippen LogP contribution >= 0.6 is 0 Å². The highest BCUT2D eigenvalue weighted by atomic mass is 19.2. The number of halogens is 7. The van der Waals surface area contributed by atoms with Crippen LogP contribution in [0.25, 0.3) is 11.1 Å². The van der Waals surface area contributed by atoms with Gasteiger partial charge in [0.25, 0.3) is 0 Å². The molecule has 6 rings (SSSR count). The van der Waals surface area contributed by atoms with E-state index in [9.17, 15) is 30.7 Å². The third-order valence-corrected chi connectivity index (χ3v) is 6.54. The van der Waals surface area contributed by atoms with Crippen molar-refractivity contribution < 1.29 is 35.5 Å². The summed E-state index contributed by atoms with van der Waals surface area (Å²) < 4.78 is 103. The van der Waals surface area contributed by atoms with E-state index in [4.69, 9.17) is 4.74 Å². The predicted octanol–water partition coefficient (Wildman–Crippen LogP) is 5.42. The van der Waals surface area contributed by atoms with Gasteiger partial charge in [0, 0.05) is 18.1 Å². The Labute approximate surface area is 193 Å². The normalized spacial score (nSPS) is 20.6. The van der Waals surface area contributed by atoms with Crippen LogP contribution < -0.4 is 5.01 Å². The topological polar surface area (TPSA) is 28.1 Å².